The molecule has 1 unspecified atom stereocenters. The van der Waals surface area contributed by atoms with Crippen LogP contribution in [0.25, 0.3) is 0 Å². The normalized spacial score (nSPS) is 26.1. The third kappa shape index (κ3) is 3.10. The molecule has 0 aliphatic carbocycles. The molecule has 0 bridgehead atoms. The molecule has 0 radical (unpaired) electrons. The monoisotopic (exact) mass is 271 g/mol. The summed E-state index contributed by atoms with van der Waals surface area (Å²) >= 11 is 0. The molecule has 1 aliphatic heterocycles. The molecule has 7 heteroatoms. The second-order valence-corrected chi connectivity index (χ2v) is 7.35. The van der Waals surface area contributed by atoms with E-state index in [4.69, 9.17) is 0 Å². The maximum Gasteiger partial charge on any atom is 0.242 e. The number of hydrogen-bond donors (Lipinski definition) is 1. The minimum atomic E-state index is -3.01. The van der Waals surface area contributed by atoms with Gasteiger partial charge in [0.15, 0.2) is 9.84 Å². The number of nitrogens with zero attached hydrogens (tertiary/aromatic N) is 2. The molecular weight excluding hydrogens is 254 g/mol. The van der Waals surface area contributed by atoms with Gasteiger partial charge >= 0.3 is 0 Å². The van der Waals surface area contributed by atoms with Gasteiger partial charge in [0, 0.05) is 6.20 Å². The van der Waals surface area contributed by atoms with Crippen LogP contribution in [0.3, 0.4) is 0 Å². The van der Waals surface area contributed by atoms with E-state index < -0.39 is 15.4 Å². The van der Waals surface area contributed by atoms with Gasteiger partial charge in [0.2, 0.25) is 5.91 Å². The predicted octanol–water partition coefficient (Wildman–Crippen LogP) is -0.115. The fourth-order valence-electron chi connectivity index (χ4n) is 2.19. The fourth-order valence-corrected chi connectivity index (χ4v) is 4.28. The maximum absolute atomic E-state index is 11.8. The largest absolute Gasteiger partial charge is 0.348 e. The van der Waals surface area contributed by atoms with Gasteiger partial charge < -0.3 is 5.32 Å². The van der Waals surface area contributed by atoms with E-state index in [0.29, 0.717) is 6.42 Å². The summed E-state index contributed by atoms with van der Waals surface area (Å²) in [5.41, 5.74) is 0.343. The second-order valence-electron chi connectivity index (χ2n) is 5.17. The summed E-state index contributed by atoms with van der Waals surface area (Å²) in [6.45, 7) is 3.78. The highest BCUT2D eigenvalue weighted by atomic mass is 32.2. The van der Waals surface area contributed by atoms with Gasteiger partial charge in [0.05, 0.1) is 23.2 Å². The van der Waals surface area contributed by atoms with Crippen molar-refractivity contribution in [2.45, 2.75) is 32.4 Å². The Morgan fingerprint density at radius 3 is 2.83 bits per heavy atom. The second kappa shape index (κ2) is 4.38. The van der Waals surface area contributed by atoms with E-state index in [0.717, 1.165) is 5.56 Å². The van der Waals surface area contributed by atoms with Crippen molar-refractivity contribution >= 4 is 15.7 Å². The Morgan fingerprint density at radius 2 is 2.33 bits per heavy atom. The number of amides is 1. The lowest BCUT2D eigenvalue weighted by Gasteiger charge is -2.23. The molecule has 0 spiro atoms. The van der Waals surface area contributed by atoms with Gasteiger partial charge in [0.1, 0.15) is 6.54 Å². The summed E-state index contributed by atoms with van der Waals surface area (Å²) < 4.78 is 24.4. The molecule has 18 heavy (non-hydrogen) atoms. The first-order valence-corrected chi connectivity index (χ1v) is 7.61. The molecule has 1 aliphatic rings. The number of nitrogens with one attached hydrogen (secondary N) is 1. The number of rotatable bonds is 3. The fraction of sp³-hybridized carbons (Fsp3) is 0.636. The lowest BCUT2D eigenvalue weighted by atomic mass is 10.0. The Bertz CT molecular complexity index is 564. The van der Waals surface area contributed by atoms with E-state index in [-0.39, 0.29) is 24.0 Å². The van der Waals surface area contributed by atoms with Crippen LogP contribution in [-0.4, -0.2) is 41.2 Å². The number of carbonyl (C=O) groups is 1. The van der Waals surface area contributed by atoms with Gasteiger partial charge in [-0.05, 0) is 25.8 Å². The minimum Gasteiger partial charge on any atom is -0.348 e. The zero-order valence-corrected chi connectivity index (χ0v) is 11.3. The molecule has 0 aromatic carbocycles. The highest BCUT2D eigenvalue weighted by Crippen LogP contribution is 2.22. The van der Waals surface area contributed by atoms with Crippen molar-refractivity contribution in [3.63, 3.8) is 0 Å². The molecule has 1 aromatic heterocycles. The Kier molecular flexibility index (Phi) is 3.18. The molecular formula is C11H17N3O3S. The lowest BCUT2D eigenvalue weighted by molar-refractivity contribution is -0.123. The van der Waals surface area contributed by atoms with Gasteiger partial charge in [-0.2, -0.15) is 5.10 Å². The molecule has 6 nitrogen and oxygen atoms in total. The van der Waals surface area contributed by atoms with Crippen LogP contribution in [-0.2, 0) is 21.2 Å². The van der Waals surface area contributed by atoms with Crippen LogP contribution in [0, 0.1) is 6.92 Å². The van der Waals surface area contributed by atoms with Crippen LogP contribution in [0.1, 0.15) is 18.9 Å². The van der Waals surface area contributed by atoms with E-state index in [2.05, 4.69) is 10.4 Å². The number of aryl methyl sites for hydroxylation is 1. The third-order valence-electron chi connectivity index (χ3n) is 3.01. The van der Waals surface area contributed by atoms with Gasteiger partial charge in [-0.1, -0.05) is 0 Å². The quantitative estimate of drug-likeness (QED) is 0.831. The molecule has 2 heterocycles. The number of hydrogen-bond acceptors (Lipinski definition) is 4. The van der Waals surface area contributed by atoms with Gasteiger partial charge in [-0.25, -0.2) is 8.42 Å². The van der Waals surface area contributed by atoms with Gasteiger partial charge in [-0.3, -0.25) is 9.48 Å². The third-order valence-corrected chi connectivity index (χ3v) is 4.92. The van der Waals surface area contributed by atoms with Crippen LogP contribution in [0.4, 0.5) is 0 Å². The van der Waals surface area contributed by atoms with Crippen LogP contribution in [0.15, 0.2) is 12.4 Å². The van der Waals surface area contributed by atoms with Gasteiger partial charge in [-0.15, -0.1) is 0 Å². The van der Waals surface area contributed by atoms with Crippen LogP contribution in [0.2, 0.25) is 0 Å². The Hall–Kier alpha value is -1.37. The predicted molar refractivity (Wildman–Crippen MR) is 66.8 cm³/mol. The SMILES string of the molecule is Cc1cnn(CC(=O)NC2(C)CCS(=O)(=O)C2)c1. The van der Waals surface area contributed by atoms with Crippen molar-refractivity contribution in [3.05, 3.63) is 18.0 Å². The summed E-state index contributed by atoms with van der Waals surface area (Å²) in [5, 5.41) is 6.81. The molecule has 1 atom stereocenters. The zero-order chi connectivity index (χ0) is 13.4. The summed E-state index contributed by atoms with van der Waals surface area (Å²) in [7, 11) is -3.01. The Balaban J connectivity index is 1.96. The molecule has 1 fully saturated rings. The topological polar surface area (TPSA) is 81.1 Å². The van der Waals surface area contributed by atoms with Crippen molar-refractivity contribution < 1.29 is 13.2 Å². The minimum absolute atomic E-state index is 0.0177. The maximum atomic E-state index is 11.8. The van der Waals surface area contributed by atoms with Crippen molar-refractivity contribution in [1.29, 1.82) is 0 Å². The lowest BCUT2D eigenvalue weighted by Crippen LogP contribution is -2.48. The van der Waals surface area contributed by atoms with Crippen molar-refractivity contribution in [2.24, 2.45) is 0 Å². The Morgan fingerprint density at radius 1 is 1.61 bits per heavy atom. The number of aromatic nitrogens is 2. The van der Waals surface area contributed by atoms with E-state index in [1.54, 1.807) is 19.3 Å². The highest BCUT2D eigenvalue weighted by Gasteiger charge is 2.39. The molecule has 100 valence electrons. The summed E-state index contributed by atoms with van der Waals surface area (Å²) in [5.74, 6) is -0.0492. The summed E-state index contributed by atoms with van der Waals surface area (Å²) in [6.07, 6.45) is 3.92. The first-order valence-electron chi connectivity index (χ1n) is 5.79. The average molecular weight is 271 g/mol. The number of carbonyl (C=O) groups excluding carboxylic acids is 1. The Labute approximate surface area is 106 Å². The molecule has 0 saturated carbocycles. The van der Waals surface area contributed by atoms with Crippen LogP contribution < -0.4 is 5.32 Å². The molecule has 1 amide bonds. The van der Waals surface area contributed by atoms with Crippen molar-refractivity contribution in [2.75, 3.05) is 11.5 Å². The summed E-state index contributed by atoms with van der Waals surface area (Å²) in [6, 6.07) is 0. The average Bonchev–Trinajstić information content (AvgIpc) is 2.70. The molecule has 2 rings (SSSR count). The number of sulfone groups is 1. The van der Waals surface area contributed by atoms with Crippen molar-refractivity contribution in [1.82, 2.24) is 15.1 Å². The first-order chi connectivity index (χ1) is 8.28. The highest BCUT2D eigenvalue weighted by molar-refractivity contribution is 7.91. The van der Waals surface area contributed by atoms with E-state index in [1.165, 1.54) is 4.68 Å². The van der Waals surface area contributed by atoms with Crippen molar-refractivity contribution in [3.8, 4) is 0 Å². The zero-order valence-electron chi connectivity index (χ0n) is 10.5. The molecule has 1 saturated heterocycles. The van der Waals surface area contributed by atoms with Crippen LogP contribution >= 0.6 is 0 Å². The first kappa shape index (κ1) is 13.1. The van der Waals surface area contributed by atoms with E-state index >= 15 is 0 Å². The molecule has 1 aromatic rings. The smallest absolute Gasteiger partial charge is 0.242 e. The van der Waals surface area contributed by atoms with Gasteiger partial charge in [0.25, 0.3) is 0 Å². The van der Waals surface area contributed by atoms with E-state index in [1.807, 2.05) is 6.92 Å². The van der Waals surface area contributed by atoms with Crippen LogP contribution in [0.5, 0.6) is 0 Å². The van der Waals surface area contributed by atoms with E-state index in [9.17, 15) is 13.2 Å². The summed E-state index contributed by atoms with van der Waals surface area (Å²) in [4.78, 5) is 11.8. The standard InChI is InChI=1S/C11H17N3O3S/c1-9-5-12-14(6-9)7-10(15)13-11(2)3-4-18(16,17)8-11/h5-6H,3-4,7-8H2,1-2H3,(H,13,15). The molecule has 1 N–H and O–H groups in total.